The third kappa shape index (κ3) is 0.701. The van der Waals surface area contributed by atoms with Crippen molar-refractivity contribution in [1.82, 2.24) is 0 Å². The Morgan fingerprint density at radius 1 is 0.462 bits per heavy atom. The molecule has 0 spiro atoms. The van der Waals surface area contributed by atoms with E-state index >= 15 is 0 Å². The molecule has 0 aromatic carbocycles. The van der Waals surface area contributed by atoms with E-state index in [0.717, 1.165) is 29.6 Å². The van der Waals surface area contributed by atoms with Crippen LogP contribution in [-0.2, 0) is 10.9 Å². The molecule has 7 heteroatoms. The van der Waals surface area contributed by atoms with E-state index in [0.29, 0.717) is 0 Å². The summed E-state index contributed by atoms with van der Waals surface area (Å²) in [6.07, 6.45) is 0. The third-order valence-electron chi connectivity index (χ3n) is 1.37. The molecule has 0 saturated carbocycles. The van der Waals surface area contributed by atoms with Crippen LogP contribution in [0.15, 0.2) is 0 Å². The van der Waals surface area contributed by atoms with Crippen molar-refractivity contribution >= 4 is 0 Å². The molecule has 0 aliphatic rings. The standard InChI is InChI=1S/6CN.Cr/c6*1-2;/q;;;;;;-3. The van der Waals surface area contributed by atoms with Gasteiger partial charge in [0.2, 0.25) is 0 Å². The summed E-state index contributed by atoms with van der Waals surface area (Å²) in [7, 11) is -6.43. The summed E-state index contributed by atoms with van der Waals surface area (Å²) in [6.45, 7) is 0. The van der Waals surface area contributed by atoms with Crippen molar-refractivity contribution < 1.29 is 10.9 Å². The van der Waals surface area contributed by atoms with Gasteiger partial charge in [-0.3, -0.25) is 0 Å². The van der Waals surface area contributed by atoms with Crippen molar-refractivity contribution in [2.75, 3.05) is 0 Å². The summed E-state index contributed by atoms with van der Waals surface area (Å²) >= 11 is 0. The molecule has 0 amide bonds. The molecule has 0 fully saturated rings. The van der Waals surface area contributed by atoms with Crippen molar-refractivity contribution in [2.45, 2.75) is 0 Å². The summed E-state index contributed by atoms with van der Waals surface area (Å²) in [5.41, 5.74) is 0. The first-order valence-electron chi connectivity index (χ1n) is 2.57. The van der Waals surface area contributed by atoms with E-state index in [1.54, 1.807) is 0 Å². The molecular formula is C6CrN6-3. The normalized spacial score (nSPS) is 13.4. The number of hydrogen-bond acceptors (Lipinski definition) is 6. The van der Waals surface area contributed by atoms with Gasteiger partial charge in [-0.2, -0.15) is 0 Å². The van der Waals surface area contributed by atoms with Crippen LogP contribution in [-0.4, -0.2) is 0 Å². The van der Waals surface area contributed by atoms with Gasteiger partial charge in [0.05, 0.1) is 0 Å². The molecule has 0 atom stereocenters. The molecular weight excluding hydrogens is 208 g/mol. The van der Waals surface area contributed by atoms with Crippen LogP contribution in [0.2, 0.25) is 0 Å². The van der Waals surface area contributed by atoms with E-state index in [1.807, 2.05) is 0 Å². The minimum absolute atomic E-state index is 1.05. The molecule has 0 aliphatic heterocycles. The monoisotopic (exact) mass is 208 g/mol. The first-order chi connectivity index (χ1) is 5.97. The number of nitrogens with zero attached hydrogens (tertiary/aromatic N) is 6. The Balaban J connectivity index is 6.92. The van der Waals surface area contributed by atoms with Gasteiger partial charge in [-0.1, -0.05) is 0 Å². The number of rotatable bonds is 0. The molecule has 0 aliphatic carbocycles. The summed E-state index contributed by atoms with van der Waals surface area (Å²) in [4.78, 5) is 6.31. The molecule has 0 heterocycles. The van der Waals surface area contributed by atoms with Crippen LogP contribution in [0.3, 0.4) is 0 Å². The molecule has 0 N–H and O–H groups in total. The molecule has 0 unspecified atom stereocenters. The average molecular weight is 208 g/mol. The molecule has 0 bridgehead atoms. The van der Waals surface area contributed by atoms with E-state index in [2.05, 4.69) is 0 Å². The van der Waals surface area contributed by atoms with Crippen molar-refractivity contribution in [1.29, 1.82) is 31.6 Å². The Labute approximate surface area is 72.6 Å². The van der Waals surface area contributed by atoms with Gasteiger partial charge >= 0.3 is 72.1 Å². The van der Waals surface area contributed by atoms with E-state index in [-0.39, 0.29) is 0 Å². The Kier molecular flexibility index (Phi) is 1.61. The van der Waals surface area contributed by atoms with Crippen LogP contribution in [0, 0.1) is 61.2 Å². The van der Waals surface area contributed by atoms with Crippen molar-refractivity contribution in [2.24, 2.45) is 0 Å². The second kappa shape index (κ2) is 1.99. The van der Waals surface area contributed by atoms with Crippen molar-refractivity contribution in [3.63, 3.8) is 0 Å². The Morgan fingerprint density at radius 3 is 0.615 bits per heavy atom. The molecule has 6 nitrogen and oxygen atoms in total. The van der Waals surface area contributed by atoms with E-state index in [9.17, 15) is 0 Å². The van der Waals surface area contributed by atoms with Gasteiger partial charge in [0.15, 0.2) is 0 Å². The molecule has 0 saturated heterocycles. The second-order valence-electron chi connectivity index (χ2n) is 2.08. The summed E-state index contributed by atoms with van der Waals surface area (Å²) in [5.74, 6) is 0. The fourth-order valence-electron chi connectivity index (χ4n) is 0.306. The zero-order valence-electron chi connectivity index (χ0n) is 6.09. The SMILES string of the molecule is N#[C][Cr-3]([C]#N)([C]#N)([C]#N)([C]#N)[C]#N. The van der Waals surface area contributed by atoms with Crippen LogP contribution < -0.4 is 0 Å². The predicted molar refractivity (Wildman–Crippen MR) is 33.7 cm³/mol. The third-order valence-corrected chi connectivity index (χ3v) is 5.65. The number of nitriles is 6. The molecule has 63 valence electrons. The number of hydrogen-bond donors (Lipinski definition) is 0. The van der Waals surface area contributed by atoms with Crippen LogP contribution in [0.4, 0.5) is 0 Å². The van der Waals surface area contributed by atoms with Crippen molar-refractivity contribution in [3.8, 4) is 29.6 Å². The first kappa shape index (κ1) is 10.5. The average Bonchev–Trinajstić information content (AvgIpc) is 2.26. The zero-order chi connectivity index (χ0) is 10.7. The van der Waals surface area contributed by atoms with Gasteiger partial charge in [-0.25, -0.2) is 0 Å². The Hall–Kier alpha value is -2.53. The van der Waals surface area contributed by atoms with Gasteiger partial charge < -0.3 is 0 Å². The minimum atomic E-state index is -6.43. The summed E-state index contributed by atoms with van der Waals surface area (Å²) < 4.78 is 0. The summed E-state index contributed by atoms with van der Waals surface area (Å²) in [6, 6.07) is 0. The van der Waals surface area contributed by atoms with Crippen LogP contribution in [0.25, 0.3) is 0 Å². The molecule has 0 radical (unpaired) electrons. The van der Waals surface area contributed by atoms with E-state index in [1.165, 1.54) is 0 Å². The van der Waals surface area contributed by atoms with Gasteiger partial charge in [0, 0.05) is 0 Å². The van der Waals surface area contributed by atoms with Crippen LogP contribution >= 0.6 is 0 Å². The molecule has 0 rings (SSSR count). The molecule has 0 aromatic heterocycles. The van der Waals surface area contributed by atoms with Gasteiger partial charge in [-0.05, 0) is 0 Å². The maximum absolute atomic E-state index is 8.59. The van der Waals surface area contributed by atoms with E-state index in [4.69, 9.17) is 31.6 Å². The molecule has 0 aromatic rings. The fraction of sp³-hybridized carbons (Fsp3) is 0. The quantitative estimate of drug-likeness (QED) is 0.551. The van der Waals surface area contributed by atoms with E-state index < -0.39 is 10.9 Å². The topological polar surface area (TPSA) is 143 Å². The van der Waals surface area contributed by atoms with Crippen LogP contribution in [0.1, 0.15) is 0 Å². The fourth-order valence-corrected chi connectivity index (χ4v) is 1.26. The van der Waals surface area contributed by atoms with Gasteiger partial charge in [-0.15, -0.1) is 0 Å². The second-order valence-corrected chi connectivity index (χ2v) is 8.57. The van der Waals surface area contributed by atoms with Crippen LogP contribution in [0.5, 0.6) is 0 Å². The molecule has 13 heavy (non-hydrogen) atoms. The first-order valence-corrected chi connectivity index (χ1v) is 6.39. The maximum atomic E-state index is 8.59. The Morgan fingerprint density at radius 2 is 0.615 bits per heavy atom. The predicted octanol–water partition coefficient (Wildman–Crippen LogP) is 0.0982. The van der Waals surface area contributed by atoms with Crippen molar-refractivity contribution in [3.05, 3.63) is 0 Å². The zero-order valence-corrected chi connectivity index (χ0v) is 7.37. The Bertz CT molecular complexity index is 387. The van der Waals surface area contributed by atoms with Gasteiger partial charge in [0.1, 0.15) is 0 Å². The van der Waals surface area contributed by atoms with Gasteiger partial charge in [0.25, 0.3) is 0 Å². The summed E-state index contributed by atoms with van der Waals surface area (Å²) in [5, 5.41) is 51.5.